The lowest BCUT2D eigenvalue weighted by molar-refractivity contribution is 0.179. The molecule has 0 fully saturated rings. The van der Waals surface area contributed by atoms with Gasteiger partial charge >= 0.3 is 0 Å². The highest BCUT2D eigenvalue weighted by molar-refractivity contribution is 6.31. The molecule has 5 heteroatoms. The SMILES string of the molecule is COc1ccc(CNCC(O)CN)c(Cl)c1. The molecule has 0 aromatic heterocycles. The van der Waals surface area contributed by atoms with Gasteiger partial charge in [0.05, 0.1) is 13.2 Å². The zero-order valence-corrected chi connectivity index (χ0v) is 10.00. The molecule has 4 nitrogen and oxygen atoms in total. The summed E-state index contributed by atoms with van der Waals surface area (Å²) in [7, 11) is 1.60. The highest BCUT2D eigenvalue weighted by atomic mass is 35.5. The Labute approximate surface area is 100 Å². The van der Waals surface area contributed by atoms with E-state index in [4.69, 9.17) is 22.1 Å². The van der Waals surface area contributed by atoms with Crippen molar-refractivity contribution in [1.82, 2.24) is 5.32 Å². The van der Waals surface area contributed by atoms with Crippen molar-refractivity contribution in [2.24, 2.45) is 5.73 Å². The van der Waals surface area contributed by atoms with Gasteiger partial charge in [-0.1, -0.05) is 17.7 Å². The maximum Gasteiger partial charge on any atom is 0.120 e. The zero-order valence-electron chi connectivity index (χ0n) is 9.24. The molecule has 0 spiro atoms. The van der Waals surface area contributed by atoms with E-state index in [1.54, 1.807) is 13.2 Å². The summed E-state index contributed by atoms with van der Waals surface area (Å²) in [6.07, 6.45) is -0.517. The maximum absolute atomic E-state index is 9.25. The number of aliphatic hydroxyl groups is 1. The largest absolute Gasteiger partial charge is 0.497 e. The van der Waals surface area contributed by atoms with Crippen molar-refractivity contribution in [2.45, 2.75) is 12.6 Å². The molecule has 4 N–H and O–H groups in total. The maximum atomic E-state index is 9.25. The Hall–Kier alpha value is -0.810. The topological polar surface area (TPSA) is 67.5 Å². The van der Waals surface area contributed by atoms with Gasteiger partial charge in [-0.3, -0.25) is 0 Å². The van der Waals surface area contributed by atoms with Crippen LogP contribution in [0.4, 0.5) is 0 Å². The highest BCUT2D eigenvalue weighted by Crippen LogP contribution is 2.21. The summed E-state index contributed by atoms with van der Waals surface area (Å²) in [6, 6.07) is 5.50. The monoisotopic (exact) mass is 244 g/mol. The fraction of sp³-hybridized carbons (Fsp3) is 0.455. The third kappa shape index (κ3) is 3.98. The second kappa shape index (κ2) is 6.70. The van der Waals surface area contributed by atoms with E-state index in [2.05, 4.69) is 5.32 Å². The van der Waals surface area contributed by atoms with Crippen molar-refractivity contribution in [3.63, 3.8) is 0 Å². The third-order valence-electron chi connectivity index (χ3n) is 2.23. The van der Waals surface area contributed by atoms with Gasteiger partial charge < -0.3 is 20.9 Å². The van der Waals surface area contributed by atoms with Gasteiger partial charge in [0.25, 0.3) is 0 Å². The van der Waals surface area contributed by atoms with Crippen LogP contribution in [0.3, 0.4) is 0 Å². The van der Waals surface area contributed by atoms with Crippen LogP contribution in [0.25, 0.3) is 0 Å². The van der Waals surface area contributed by atoms with Crippen molar-refractivity contribution in [3.05, 3.63) is 28.8 Å². The highest BCUT2D eigenvalue weighted by Gasteiger charge is 2.04. The minimum atomic E-state index is -0.517. The van der Waals surface area contributed by atoms with Crippen LogP contribution in [0.2, 0.25) is 5.02 Å². The summed E-state index contributed by atoms with van der Waals surface area (Å²) >= 11 is 6.05. The Bertz CT molecular complexity index is 334. The molecule has 0 radical (unpaired) electrons. The van der Waals surface area contributed by atoms with E-state index in [0.717, 1.165) is 11.3 Å². The average molecular weight is 245 g/mol. The minimum absolute atomic E-state index is 0.253. The second-order valence-corrected chi connectivity index (χ2v) is 3.88. The number of methoxy groups -OCH3 is 1. The Morgan fingerprint density at radius 2 is 2.31 bits per heavy atom. The molecule has 1 aromatic rings. The molecule has 16 heavy (non-hydrogen) atoms. The molecule has 0 amide bonds. The Morgan fingerprint density at radius 3 is 2.88 bits per heavy atom. The summed E-state index contributed by atoms with van der Waals surface area (Å²) in [5.41, 5.74) is 6.25. The molecule has 0 saturated heterocycles. The zero-order chi connectivity index (χ0) is 12.0. The van der Waals surface area contributed by atoms with Crippen LogP contribution in [0.1, 0.15) is 5.56 Å². The smallest absolute Gasteiger partial charge is 0.120 e. The summed E-state index contributed by atoms with van der Waals surface area (Å²) < 4.78 is 5.05. The number of nitrogens with one attached hydrogen (secondary N) is 1. The molecular weight excluding hydrogens is 228 g/mol. The number of benzene rings is 1. The van der Waals surface area contributed by atoms with Gasteiger partial charge in [0.15, 0.2) is 0 Å². The number of nitrogens with two attached hydrogens (primary N) is 1. The first-order valence-corrected chi connectivity index (χ1v) is 5.46. The Kier molecular flexibility index (Phi) is 5.55. The standard InChI is InChI=1S/C11H17ClN2O2/c1-16-10-3-2-8(11(12)4-10)6-14-7-9(15)5-13/h2-4,9,14-15H,5-7,13H2,1H3. The number of ether oxygens (including phenoxy) is 1. The fourth-order valence-corrected chi connectivity index (χ4v) is 1.49. The quantitative estimate of drug-likeness (QED) is 0.691. The van der Waals surface area contributed by atoms with Gasteiger partial charge in [-0.05, 0) is 17.7 Å². The second-order valence-electron chi connectivity index (χ2n) is 3.48. The van der Waals surface area contributed by atoms with E-state index < -0.39 is 6.10 Å². The van der Waals surface area contributed by atoms with Crippen LogP contribution in [-0.4, -0.2) is 31.4 Å². The van der Waals surface area contributed by atoms with E-state index in [9.17, 15) is 5.11 Å². The molecule has 0 saturated carbocycles. The van der Waals surface area contributed by atoms with Crippen molar-refractivity contribution >= 4 is 11.6 Å². The first kappa shape index (κ1) is 13.3. The normalized spacial score (nSPS) is 12.5. The number of hydrogen-bond acceptors (Lipinski definition) is 4. The van der Waals surface area contributed by atoms with Gasteiger partial charge in [0.1, 0.15) is 5.75 Å². The van der Waals surface area contributed by atoms with E-state index in [-0.39, 0.29) is 6.54 Å². The molecule has 1 rings (SSSR count). The molecule has 0 heterocycles. The van der Waals surface area contributed by atoms with Crippen LogP contribution >= 0.6 is 11.6 Å². The number of aliphatic hydroxyl groups excluding tert-OH is 1. The predicted octanol–water partition coefficient (Wildman–Crippen LogP) is 0.758. The summed E-state index contributed by atoms with van der Waals surface area (Å²) in [5.74, 6) is 0.732. The number of rotatable bonds is 6. The van der Waals surface area contributed by atoms with Crippen LogP contribution in [0, 0.1) is 0 Å². The van der Waals surface area contributed by atoms with Crippen molar-refractivity contribution in [1.29, 1.82) is 0 Å². The number of hydrogen-bond donors (Lipinski definition) is 3. The van der Waals surface area contributed by atoms with Crippen molar-refractivity contribution in [2.75, 3.05) is 20.2 Å². The van der Waals surface area contributed by atoms with Gasteiger partial charge in [0.2, 0.25) is 0 Å². The summed E-state index contributed by atoms with van der Waals surface area (Å²) in [6.45, 7) is 1.31. The third-order valence-corrected chi connectivity index (χ3v) is 2.58. The Morgan fingerprint density at radius 1 is 1.56 bits per heavy atom. The van der Waals surface area contributed by atoms with E-state index in [0.29, 0.717) is 18.1 Å². The van der Waals surface area contributed by atoms with Crippen LogP contribution in [0.15, 0.2) is 18.2 Å². The molecule has 1 unspecified atom stereocenters. The lowest BCUT2D eigenvalue weighted by atomic mass is 10.2. The van der Waals surface area contributed by atoms with Crippen molar-refractivity contribution in [3.8, 4) is 5.75 Å². The van der Waals surface area contributed by atoms with E-state index in [1.165, 1.54) is 0 Å². The van der Waals surface area contributed by atoms with Gasteiger partial charge in [-0.15, -0.1) is 0 Å². The fourth-order valence-electron chi connectivity index (χ4n) is 1.26. The molecule has 0 aliphatic rings. The van der Waals surface area contributed by atoms with Gasteiger partial charge in [0, 0.05) is 24.7 Å². The molecule has 1 aromatic carbocycles. The van der Waals surface area contributed by atoms with Crippen LogP contribution in [-0.2, 0) is 6.54 Å². The van der Waals surface area contributed by atoms with Crippen LogP contribution in [0.5, 0.6) is 5.75 Å². The molecule has 90 valence electrons. The molecule has 0 aliphatic heterocycles. The molecule has 1 atom stereocenters. The summed E-state index contributed by atoms with van der Waals surface area (Å²) in [4.78, 5) is 0. The van der Waals surface area contributed by atoms with Crippen molar-refractivity contribution < 1.29 is 9.84 Å². The average Bonchev–Trinajstić information content (AvgIpc) is 2.30. The van der Waals surface area contributed by atoms with Gasteiger partial charge in [-0.25, -0.2) is 0 Å². The lowest BCUT2D eigenvalue weighted by Crippen LogP contribution is -2.32. The minimum Gasteiger partial charge on any atom is -0.497 e. The number of halogens is 1. The molecular formula is C11H17ClN2O2. The molecule has 0 bridgehead atoms. The summed E-state index contributed by atoms with van der Waals surface area (Å²) in [5, 5.41) is 13.0. The first-order chi connectivity index (χ1) is 7.67. The lowest BCUT2D eigenvalue weighted by Gasteiger charge is -2.10. The predicted molar refractivity (Wildman–Crippen MR) is 64.8 cm³/mol. The van der Waals surface area contributed by atoms with E-state index >= 15 is 0 Å². The van der Waals surface area contributed by atoms with Crippen LogP contribution < -0.4 is 15.8 Å². The molecule has 0 aliphatic carbocycles. The first-order valence-electron chi connectivity index (χ1n) is 5.08. The van der Waals surface area contributed by atoms with Gasteiger partial charge in [-0.2, -0.15) is 0 Å². The van der Waals surface area contributed by atoms with E-state index in [1.807, 2.05) is 12.1 Å². The Balaban J connectivity index is 2.48.